The highest BCUT2D eigenvalue weighted by molar-refractivity contribution is 7.56. The summed E-state index contributed by atoms with van der Waals surface area (Å²) in [5.41, 5.74) is -0.294. The van der Waals surface area contributed by atoms with Gasteiger partial charge in [0.1, 0.15) is 12.8 Å². The highest BCUT2D eigenvalue weighted by atomic mass is 32.1. The second kappa shape index (κ2) is 6.62. The van der Waals surface area contributed by atoms with Gasteiger partial charge in [0.2, 0.25) is 5.71 Å². The van der Waals surface area contributed by atoms with Gasteiger partial charge in [-0.15, -0.1) is 11.3 Å². The first-order valence-electron chi connectivity index (χ1n) is 4.76. The van der Waals surface area contributed by atoms with Crippen molar-refractivity contribution in [1.82, 2.24) is 4.98 Å². The largest absolute Gasteiger partial charge is 0.476 e. The molecule has 2 N–H and O–H groups in total. The monoisotopic (exact) mass is 309 g/mol. The average Bonchev–Trinajstić information content (AvgIpc) is 2.83. The number of nitrogens with one attached hydrogen (secondary N) is 1. The molecule has 0 bridgehead atoms. The highest BCUT2D eigenvalue weighted by Gasteiger charge is 2.24. The smallest absolute Gasteiger partial charge is 0.433 e. The maximum atomic E-state index is 11.8. The molecular formula is C8H12N3O6PS. The Morgan fingerprint density at radius 3 is 2.58 bits per heavy atom. The number of thiazole rings is 1. The average molecular weight is 309 g/mol. The van der Waals surface area contributed by atoms with Gasteiger partial charge < -0.3 is 9.94 Å². The Balaban J connectivity index is 2.97. The van der Waals surface area contributed by atoms with Crippen molar-refractivity contribution in [2.45, 2.75) is 0 Å². The van der Waals surface area contributed by atoms with Crippen LogP contribution in [0.2, 0.25) is 0 Å². The number of hydrogen-bond donors (Lipinski definition) is 2. The first-order chi connectivity index (χ1) is 8.95. The highest BCUT2D eigenvalue weighted by Crippen LogP contribution is 2.46. The van der Waals surface area contributed by atoms with E-state index in [1.54, 1.807) is 0 Å². The van der Waals surface area contributed by atoms with Gasteiger partial charge in [-0.3, -0.25) is 14.1 Å². The van der Waals surface area contributed by atoms with Gasteiger partial charge in [-0.1, -0.05) is 5.16 Å². The molecule has 0 aliphatic rings. The van der Waals surface area contributed by atoms with Gasteiger partial charge in [0.25, 0.3) is 0 Å². The Morgan fingerprint density at radius 1 is 1.47 bits per heavy atom. The van der Waals surface area contributed by atoms with Crippen molar-refractivity contribution in [3.05, 3.63) is 11.1 Å². The number of aromatic nitrogens is 1. The van der Waals surface area contributed by atoms with Gasteiger partial charge in [-0.2, -0.15) is 0 Å². The molecular weight excluding hydrogens is 297 g/mol. The van der Waals surface area contributed by atoms with Crippen LogP contribution < -0.4 is 5.09 Å². The summed E-state index contributed by atoms with van der Waals surface area (Å²) in [4.78, 5) is 19.3. The minimum Gasteiger partial charge on any atom is -0.476 e. The van der Waals surface area contributed by atoms with Crippen LogP contribution in [0.25, 0.3) is 0 Å². The molecule has 0 unspecified atom stereocenters. The maximum absolute atomic E-state index is 11.8. The second-order valence-electron chi connectivity index (χ2n) is 2.94. The topological polar surface area (TPSA) is 119 Å². The van der Waals surface area contributed by atoms with Gasteiger partial charge in [0.05, 0.1) is 0 Å². The molecule has 1 aromatic heterocycles. The second-order valence-corrected chi connectivity index (χ2v) is 5.75. The van der Waals surface area contributed by atoms with Crippen molar-refractivity contribution in [2.75, 3.05) is 26.4 Å². The quantitative estimate of drug-likeness (QED) is 0.440. The van der Waals surface area contributed by atoms with Gasteiger partial charge in [-0.25, -0.2) is 14.3 Å². The molecule has 0 atom stereocenters. The molecule has 0 saturated heterocycles. The Kier molecular flexibility index (Phi) is 5.43. The third kappa shape index (κ3) is 4.00. The summed E-state index contributed by atoms with van der Waals surface area (Å²) < 4.78 is 21.1. The van der Waals surface area contributed by atoms with Crippen molar-refractivity contribution in [3.8, 4) is 0 Å². The summed E-state index contributed by atoms with van der Waals surface area (Å²) in [6.07, 6.45) is 0. The summed E-state index contributed by atoms with van der Waals surface area (Å²) >= 11 is 1.02. The molecule has 19 heavy (non-hydrogen) atoms. The lowest BCUT2D eigenvalue weighted by atomic mass is 10.3. The van der Waals surface area contributed by atoms with Crippen LogP contribution in [0.4, 0.5) is 5.13 Å². The van der Waals surface area contributed by atoms with Crippen molar-refractivity contribution in [1.29, 1.82) is 0 Å². The number of rotatable bonds is 7. The fourth-order valence-electron chi connectivity index (χ4n) is 1.00. The summed E-state index contributed by atoms with van der Waals surface area (Å²) in [6.45, 7) is 0. The molecule has 1 rings (SSSR count). The zero-order valence-corrected chi connectivity index (χ0v) is 12.0. The van der Waals surface area contributed by atoms with E-state index in [2.05, 4.69) is 29.1 Å². The number of carboxylic acids is 1. The molecule has 106 valence electrons. The van der Waals surface area contributed by atoms with Gasteiger partial charge in [0, 0.05) is 19.6 Å². The molecule has 0 saturated carbocycles. The molecule has 1 aromatic rings. The number of carboxylic acid groups (broad SMARTS) is 1. The molecule has 0 aliphatic heterocycles. The molecule has 0 fully saturated rings. The van der Waals surface area contributed by atoms with Gasteiger partial charge >= 0.3 is 13.7 Å². The molecule has 0 radical (unpaired) electrons. The van der Waals surface area contributed by atoms with Crippen LogP contribution in [0.1, 0.15) is 5.69 Å². The van der Waals surface area contributed by atoms with Crippen LogP contribution >= 0.6 is 19.1 Å². The van der Waals surface area contributed by atoms with E-state index in [1.165, 1.54) is 26.7 Å². The minimum atomic E-state index is -3.48. The Hall–Kier alpha value is -1.48. The molecule has 0 aliphatic carbocycles. The molecule has 0 spiro atoms. The third-order valence-corrected chi connectivity index (χ3v) is 4.20. The van der Waals surface area contributed by atoms with Crippen molar-refractivity contribution in [2.24, 2.45) is 5.16 Å². The van der Waals surface area contributed by atoms with E-state index < -0.39 is 13.7 Å². The Morgan fingerprint density at radius 2 is 2.11 bits per heavy atom. The number of anilines is 1. The van der Waals surface area contributed by atoms with E-state index in [9.17, 15) is 9.36 Å². The zero-order chi connectivity index (χ0) is 14.5. The predicted octanol–water partition coefficient (Wildman–Crippen LogP) is 1.39. The number of nitrogens with zero attached hydrogens (tertiary/aromatic N) is 2. The van der Waals surface area contributed by atoms with Gasteiger partial charge in [-0.05, 0) is 0 Å². The molecule has 0 amide bonds. The number of carbonyl (C=O) groups is 1. The number of hydrogen-bond acceptors (Lipinski definition) is 8. The van der Waals surface area contributed by atoms with E-state index >= 15 is 0 Å². The normalized spacial score (nSPS) is 12.3. The standard InChI is InChI=1S/C8H12N3O6PS/c1-15-10-6(7(12)13)5-4-19-8(9-5)11-18(14,16-2)17-3/h4H,1-3H3,(H,12,13)(H,9,11,14)/b10-6+. The molecule has 11 heteroatoms. The van der Waals surface area contributed by atoms with Gasteiger partial charge in [0.15, 0.2) is 5.13 Å². The molecule has 9 nitrogen and oxygen atoms in total. The first-order valence-corrected chi connectivity index (χ1v) is 7.18. The third-order valence-electron chi connectivity index (χ3n) is 1.85. The van der Waals surface area contributed by atoms with Crippen molar-refractivity contribution < 1.29 is 28.4 Å². The first kappa shape index (κ1) is 15.6. The lowest BCUT2D eigenvalue weighted by Gasteiger charge is -2.12. The Labute approximate surface area is 112 Å². The summed E-state index contributed by atoms with van der Waals surface area (Å²) in [6, 6.07) is 0. The molecule has 0 aromatic carbocycles. The fourth-order valence-corrected chi connectivity index (χ4v) is 2.70. The zero-order valence-electron chi connectivity index (χ0n) is 10.3. The van der Waals surface area contributed by atoms with Crippen LogP contribution in [0.15, 0.2) is 10.5 Å². The summed E-state index contributed by atoms with van der Waals surface area (Å²) in [5.74, 6) is -1.29. The van der Waals surface area contributed by atoms with E-state index in [0.717, 1.165) is 11.3 Å². The van der Waals surface area contributed by atoms with Crippen molar-refractivity contribution >= 4 is 35.9 Å². The summed E-state index contributed by atoms with van der Waals surface area (Å²) in [5, 5.41) is 16.3. The van der Waals surface area contributed by atoms with E-state index in [1.807, 2.05) is 0 Å². The maximum Gasteiger partial charge on any atom is 0.433 e. The lowest BCUT2D eigenvalue weighted by molar-refractivity contribution is -0.129. The van der Waals surface area contributed by atoms with Crippen molar-refractivity contribution in [3.63, 3.8) is 0 Å². The van der Waals surface area contributed by atoms with E-state index in [4.69, 9.17) is 5.11 Å². The SMILES string of the molecule is CO/N=C(/C(=O)O)c1csc(NP(=O)(OC)OC)n1. The van der Waals surface area contributed by atoms with Crippen LogP contribution in [-0.2, 0) is 23.2 Å². The predicted molar refractivity (Wildman–Crippen MR) is 68.5 cm³/mol. The number of oxime groups is 1. The Bertz CT molecular complexity index is 522. The number of aliphatic carboxylic acids is 1. The fraction of sp³-hybridized carbons (Fsp3) is 0.375. The van der Waals surface area contributed by atoms with Crippen LogP contribution in [0.3, 0.4) is 0 Å². The van der Waals surface area contributed by atoms with Crippen LogP contribution in [0, 0.1) is 0 Å². The molecule has 1 heterocycles. The lowest BCUT2D eigenvalue weighted by Crippen LogP contribution is -2.15. The van der Waals surface area contributed by atoms with Crippen LogP contribution in [0.5, 0.6) is 0 Å². The van der Waals surface area contributed by atoms with Crippen LogP contribution in [-0.4, -0.2) is 43.1 Å². The van der Waals surface area contributed by atoms with E-state index in [0.29, 0.717) is 0 Å². The summed E-state index contributed by atoms with van der Waals surface area (Å²) in [7, 11) is 0.159. The van der Waals surface area contributed by atoms with E-state index in [-0.39, 0.29) is 16.5 Å². The minimum absolute atomic E-state index is 0.0700.